The highest BCUT2D eigenvalue weighted by Gasteiger charge is 2.47. The molecule has 114 valence electrons. The fourth-order valence-electron chi connectivity index (χ4n) is 3.09. The first kappa shape index (κ1) is 14.0. The Balaban J connectivity index is 1.53. The molecule has 0 spiro atoms. The molecule has 1 aliphatic heterocycles. The molecule has 4 rings (SSSR count). The van der Waals surface area contributed by atoms with Crippen LogP contribution < -0.4 is 4.90 Å². The minimum absolute atomic E-state index is 0.000456. The van der Waals surface area contributed by atoms with Crippen molar-refractivity contribution >= 4 is 35.1 Å². The molecular formula is C15H14Cl2N4O. The number of aryl methyl sites for hydroxylation is 1. The van der Waals surface area contributed by atoms with Gasteiger partial charge in [-0.15, -0.1) is 0 Å². The summed E-state index contributed by atoms with van der Waals surface area (Å²) in [6, 6.07) is 5.60. The zero-order valence-corrected chi connectivity index (χ0v) is 13.3. The van der Waals surface area contributed by atoms with Gasteiger partial charge in [0, 0.05) is 19.0 Å². The van der Waals surface area contributed by atoms with Crippen LogP contribution in [0.25, 0.3) is 0 Å². The molecule has 1 aliphatic carbocycles. The smallest absolute Gasteiger partial charge is 0.233 e. The lowest BCUT2D eigenvalue weighted by atomic mass is 10.1. The van der Waals surface area contributed by atoms with E-state index in [-0.39, 0.29) is 17.7 Å². The van der Waals surface area contributed by atoms with Gasteiger partial charge in [0.05, 0.1) is 10.0 Å². The van der Waals surface area contributed by atoms with Gasteiger partial charge in [0.1, 0.15) is 6.33 Å². The Kier molecular flexibility index (Phi) is 3.35. The molecule has 1 aromatic carbocycles. The van der Waals surface area contributed by atoms with Gasteiger partial charge in [0.25, 0.3) is 0 Å². The largest absolute Gasteiger partial charge is 0.281 e. The van der Waals surface area contributed by atoms with Crippen LogP contribution in [0.4, 0.5) is 5.95 Å². The lowest BCUT2D eigenvalue weighted by molar-refractivity contribution is -0.120. The first-order valence-corrected chi connectivity index (χ1v) is 8.05. The van der Waals surface area contributed by atoms with Crippen LogP contribution in [0.5, 0.6) is 0 Å². The van der Waals surface area contributed by atoms with Crippen molar-refractivity contribution in [2.24, 2.45) is 5.92 Å². The number of carbonyl (C=O) groups is 1. The summed E-state index contributed by atoms with van der Waals surface area (Å²) in [6.07, 6.45) is 3.26. The molecule has 0 radical (unpaired) electrons. The molecular weight excluding hydrogens is 323 g/mol. The summed E-state index contributed by atoms with van der Waals surface area (Å²) in [5.74, 6) is 1.02. The second-order valence-electron chi connectivity index (χ2n) is 5.75. The predicted octanol–water partition coefficient (Wildman–Crippen LogP) is 3.13. The van der Waals surface area contributed by atoms with Crippen LogP contribution in [-0.2, 0) is 11.3 Å². The molecule has 2 aliphatic rings. The van der Waals surface area contributed by atoms with Gasteiger partial charge in [-0.05, 0) is 36.5 Å². The van der Waals surface area contributed by atoms with Gasteiger partial charge in [-0.3, -0.25) is 9.69 Å². The Hall–Kier alpha value is -1.59. The zero-order chi connectivity index (χ0) is 15.3. The summed E-state index contributed by atoms with van der Waals surface area (Å²) in [5.41, 5.74) is 1.08. The second-order valence-corrected chi connectivity index (χ2v) is 6.56. The molecule has 2 atom stereocenters. The fraction of sp³-hybridized carbons (Fsp3) is 0.400. The minimum Gasteiger partial charge on any atom is -0.281 e. The third-order valence-corrected chi connectivity index (χ3v) is 5.07. The highest BCUT2D eigenvalue weighted by molar-refractivity contribution is 6.42. The van der Waals surface area contributed by atoms with E-state index in [1.807, 2.05) is 12.1 Å². The highest BCUT2D eigenvalue weighted by atomic mass is 35.5. The van der Waals surface area contributed by atoms with Crippen molar-refractivity contribution in [2.75, 3.05) is 11.4 Å². The number of rotatable bonds is 2. The van der Waals surface area contributed by atoms with E-state index in [1.165, 1.54) is 6.33 Å². The van der Waals surface area contributed by atoms with Crippen molar-refractivity contribution in [1.29, 1.82) is 0 Å². The lowest BCUT2D eigenvalue weighted by Gasteiger charge is -2.26. The van der Waals surface area contributed by atoms with Gasteiger partial charge in [0.2, 0.25) is 11.9 Å². The van der Waals surface area contributed by atoms with Crippen LogP contribution >= 0.6 is 23.2 Å². The van der Waals surface area contributed by atoms with E-state index in [9.17, 15) is 4.79 Å². The van der Waals surface area contributed by atoms with Crippen LogP contribution in [0.1, 0.15) is 24.3 Å². The summed E-state index contributed by atoms with van der Waals surface area (Å²) in [4.78, 5) is 18.7. The van der Waals surface area contributed by atoms with Crippen LogP contribution in [0.2, 0.25) is 10.0 Å². The topological polar surface area (TPSA) is 51.0 Å². The Morgan fingerprint density at radius 2 is 2.09 bits per heavy atom. The van der Waals surface area contributed by atoms with Crippen LogP contribution in [0.3, 0.4) is 0 Å². The summed E-state index contributed by atoms with van der Waals surface area (Å²) < 4.78 is 1.79. The summed E-state index contributed by atoms with van der Waals surface area (Å²) >= 11 is 12.0. The minimum atomic E-state index is 0.000456. The number of fused-ring (bicyclic) bond motifs is 1. The van der Waals surface area contributed by atoms with E-state index in [4.69, 9.17) is 23.2 Å². The molecule has 0 N–H and O–H groups in total. The molecule has 1 fully saturated rings. The Bertz CT molecular complexity index is 745. The monoisotopic (exact) mass is 336 g/mol. The van der Waals surface area contributed by atoms with Gasteiger partial charge >= 0.3 is 0 Å². The number of hydrogen-bond donors (Lipinski definition) is 0. The maximum atomic E-state index is 12.7. The molecule has 0 bridgehead atoms. The number of carbonyl (C=O) groups excluding carboxylic acids is 1. The molecule has 22 heavy (non-hydrogen) atoms. The molecule has 7 heteroatoms. The summed E-state index contributed by atoms with van der Waals surface area (Å²) in [6.45, 7) is 1.53. The third-order valence-electron chi connectivity index (χ3n) is 4.33. The second kappa shape index (κ2) is 5.25. The Labute approximate surface area is 137 Å². The molecule has 5 nitrogen and oxygen atoms in total. The normalized spacial score (nSPS) is 23.3. The lowest BCUT2D eigenvalue weighted by Crippen LogP contribution is -2.39. The number of anilines is 1. The van der Waals surface area contributed by atoms with Gasteiger partial charge in [-0.25, -0.2) is 4.68 Å². The third kappa shape index (κ3) is 2.29. The van der Waals surface area contributed by atoms with Crippen molar-refractivity contribution < 1.29 is 4.79 Å². The number of aromatic nitrogens is 3. The summed E-state index contributed by atoms with van der Waals surface area (Å²) in [5, 5.41) is 5.22. The molecule has 2 unspecified atom stereocenters. The number of nitrogens with zero attached hydrogens (tertiary/aromatic N) is 4. The first-order valence-electron chi connectivity index (χ1n) is 7.29. The standard InChI is InChI=1S/C15H14Cl2N4O/c16-12-3-2-9(6-13(12)17)10-7-11(10)14(22)20-4-1-5-21-15(20)18-8-19-21/h2-3,6,8,10-11H,1,4-5,7H2. The molecule has 2 aromatic rings. The average Bonchev–Trinajstić information content (AvgIpc) is 3.17. The van der Waals surface area contributed by atoms with E-state index in [0.717, 1.165) is 24.9 Å². The molecule has 1 amide bonds. The number of halogens is 2. The number of hydrogen-bond acceptors (Lipinski definition) is 3. The highest BCUT2D eigenvalue weighted by Crippen LogP contribution is 2.49. The van der Waals surface area contributed by atoms with Crippen LogP contribution in [-0.4, -0.2) is 27.2 Å². The van der Waals surface area contributed by atoms with Crippen molar-refractivity contribution in [2.45, 2.75) is 25.3 Å². The van der Waals surface area contributed by atoms with E-state index in [2.05, 4.69) is 10.1 Å². The zero-order valence-electron chi connectivity index (χ0n) is 11.7. The average molecular weight is 337 g/mol. The van der Waals surface area contributed by atoms with E-state index >= 15 is 0 Å². The summed E-state index contributed by atoms with van der Waals surface area (Å²) in [7, 11) is 0. The van der Waals surface area contributed by atoms with Crippen molar-refractivity contribution in [1.82, 2.24) is 14.8 Å². The van der Waals surface area contributed by atoms with Crippen LogP contribution in [0, 0.1) is 5.92 Å². The first-order chi connectivity index (χ1) is 10.6. The van der Waals surface area contributed by atoms with Gasteiger partial charge < -0.3 is 0 Å². The molecule has 2 heterocycles. The van der Waals surface area contributed by atoms with E-state index < -0.39 is 0 Å². The van der Waals surface area contributed by atoms with Crippen molar-refractivity contribution in [3.63, 3.8) is 0 Å². The van der Waals surface area contributed by atoms with Gasteiger partial charge in [-0.1, -0.05) is 29.3 Å². The molecule has 1 aromatic heterocycles. The Morgan fingerprint density at radius 1 is 1.23 bits per heavy atom. The van der Waals surface area contributed by atoms with Crippen molar-refractivity contribution in [3.05, 3.63) is 40.1 Å². The van der Waals surface area contributed by atoms with E-state index in [1.54, 1.807) is 15.6 Å². The van der Waals surface area contributed by atoms with Gasteiger partial charge in [-0.2, -0.15) is 10.1 Å². The Morgan fingerprint density at radius 3 is 2.91 bits per heavy atom. The maximum absolute atomic E-state index is 12.7. The van der Waals surface area contributed by atoms with Crippen molar-refractivity contribution in [3.8, 4) is 0 Å². The maximum Gasteiger partial charge on any atom is 0.233 e. The van der Waals surface area contributed by atoms with Crippen LogP contribution in [0.15, 0.2) is 24.5 Å². The molecule has 0 saturated heterocycles. The molecule has 1 saturated carbocycles. The quantitative estimate of drug-likeness (QED) is 0.846. The number of benzene rings is 1. The SMILES string of the molecule is O=C(C1CC1c1ccc(Cl)c(Cl)c1)N1CCCn2ncnc21. The van der Waals surface area contributed by atoms with Gasteiger partial charge in [0.15, 0.2) is 0 Å². The predicted molar refractivity (Wildman–Crippen MR) is 84.3 cm³/mol. The number of amides is 1. The van der Waals surface area contributed by atoms with E-state index in [0.29, 0.717) is 22.5 Å². The fourth-order valence-corrected chi connectivity index (χ4v) is 3.40.